The number of para-hydroxylation sites is 1. The largest absolute Gasteiger partial charge is 0.374 e. The first-order valence-electron chi connectivity index (χ1n) is 5.25. The van der Waals surface area contributed by atoms with E-state index in [0.717, 1.165) is 11.3 Å². The van der Waals surface area contributed by atoms with Crippen LogP contribution in [0.15, 0.2) is 24.3 Å². The van der Waals surface area contributed by atoms with E-state index in [0.29, 0.717) is 6.54 Å². The summed E-state index contributed by atoms with van der Waals surface area (Å²) in [6.07, 6.45) is 0. The van der Waals surface area contributed by atoms with Crippen molar-refractivity contribution in [2.24, 2.45) is 0 Å². The molecule has 1 rings (SSSR count). The molecule has 1 unspecified atom stereocenters. The maximum absolute atomic E-state index is 11.5. The molecule has 15 heavy (non-hydrogen) atoms. The fraction of sp³-hybridized carbons (Fsp3) is 0.417. The van der Waals surface area contributed by atoms with Crippen molar-refractivity contribution in [3.8, 4) is 0 Å². The van der Waals surface area contributed by atoms with E-state index in [4.69, 9.17) is 0 Å². The fourth-order valence-electron chi connectivity index (χ4n) is 1.36. The molecule has 0 saturated carbocycles. The summed E-state index contributed by atoms with van der Waals surface area (Å²) in [5.41, 5.74) is 2.16. The fourth-order valence-corrected chi connectivity index (χ4v) is 1.36. The molecular weight excluding hydrogens is 188 g/mol. The first kappa shape index (κ1) is 11.6. The van der Waals surface area contributed by atoms with Crippen molar-refractivity contribution >= 4 is 11.6 Å². The zero-order valence-electron chi connectivity index (χ0n) is 9.50. The Hall–Kier alpha value is -1.51. The van der Waals surface area contributed by atoms with E-state index < -0.39 is 0 Å². The molecule has 1 atom stereocenters. The summed E-state index contributed by atoms with van der Waals surface area (Å²) in [4.78, 5) is 11.5. The van der Waals surface area contributed by atoms with Gasteiger partial charge in [-0.2, -0.15) is 0 Å². The smallest absolute Gasteiger partial charge is 0.242 e. The van der Waals surface area contributed by atoms with E-state index in [9.17, 15) is 4.79 Å². The minimum Gasteiger partial charge on any atom is -0.374 e. The average Bonchev–Trinajstić information content (AvgIpc) is 2.21. The third kappa shape index (κ3) is 3.27. The number of carbonyl (C=O) groups excluding carboxylic acids is 1. The molecule has 1 amide bonds. The van der Waals surface area contributed by atoms with Gasteiger partial charge in [0.1, 0.15) is 6.04 Å². The maximum Gasteiger partial charge on any atom is 0.242 e. The highest BCUT2D eigenvalue weighted by Gasteiger charge is 2.11. The zero-order valence-corrected chi connectivity index (χ0v) is 9.50. The van der Waals surface area contributed by atoms with Crippen LogP contribution in [-0.2, 0) is 4.79 Å². The summed E-state index contributed by atoms with van der Waals surface area (Å²) in [5, 5.41) is 5.97. The zero-order chi connectivity index (χ0) is 11.3. The summed E-state index contributed by atoms with van der Waals surface area (Å²) in [6, 6.07) is 7.74. The lowest BCUT2D eigenvalue weighted by atomic mass is 10.2. The van der Waals surface area contributed by atoms with Crippen LogP contribution in [0.25, 0.3) is 0 Å². The molecule has 0 aromatic heterocycles. The van der Waals surface area contributed by atoms with Crippen LogP contribution in [0.4, 0.5) is 5.69 Å². The molecule has 0 spiro atoms. The second kappa shape index (κ2) is 5.39. The van der Waals surface area contributed by atoms with E-state index in [2.05, 4.69) is 10.6 Å². The first-order chi connectivity index (χ1) is 7.15. The molecule has 82 valence electrons. The lowest BCUT2D eigenvalue weighted by molar-refractivity contribution is -0.121. The standard InChI is InChI=1S/C12H18N2O/c1-4-13-12(15)10(3)14-11-8-6-5-7-9(11)2/h5-8,10,14H,4H2,1-3H3,(H,13,15). The summed E-state index contributed by atoms with van der Waals surface area (Å²) >= 11 is 0. The number of anilines is 1. The highest BCUT2D eigenvalue weighted by Crippen LogP contribution is 2.14. The molecule has 3 nitrogen and oxygen atoms in total. The van der Waals surface area contributed by atoms with Gasteiger partial charge in [0.05, 0.1) is 0 Å². The van der Waals surface area contributed by atoms with Crippen molar-refractivity contribution < 1.29 is 4.79 Å². The van der Waals surface area contributed by atoms with Gasteiger partial charge in [-0.25, -0.2) is 0 Å². The molecular formula is C12H18N2O. The van der Waals surface area contributed by atoms with E-state index in [1.54, 1.807) is 0 Å². The monoisotopic (exact) mass is 206 g/mol. The molecule has 0 saturated heterocycles. The Labute approximate surface area is 90.9 Å². The Morgan fingerprint density at radius 3 is 2.67 bits per heavy atom. The topological polar surface area (TPSA) is 41.1 Å². The predicted molar refractivity (Wildman–Crippen MR) is 62.9 cm³/mol. The molecule has 1 aromatic carbocycles. The van der Waals surface area contributed by atoms with Gasteiger partial charge in [-0.15, -0.1) is 0 Å². The number of aryl methyl sites for hydroxylation is 1. The van der Waals surface area contributed by atoms with Crippen LogP contribution in [0.2, 0.25) is 0 Å². The van der Waals surface area contributed by atoms with Gasteiger partial charge in [-0.05, 0) is 32.4 Å². The molecule has 2 N–H and O–H groups in total. The number of nitrogens with one attached hydrogen (secondary N) is 2. The van der Waals surface area contributed by atoms with E-state index in [1.165, 1.54) is 0 Å². The number of hydrogen-bond acceptors (Lipinski definition) is 2. The normalized spacial score (nSPS) is 11.9. The Kier molecular flexibility index (Phi) is 4.16. The van der Waals surface area contributed by atoms with Crippen molar-refractivity contribution in [3.05, 3.63) is 29.8 Å². The number of hydrogen-bond donors (Lipinski definition) is 2. The van der Waals surface area contributed by atoms with Crippen molar-refractivity contribution in [3.63, 3.8) is 0 Å². The van der Waals surface area contributed by atoms with Crippen molar-refractivity contribution in [1.29, 1.82) is 0 Å². The van der Waals surface area contributed by atoms with Crippen molar-refractivity contribution in [2.45, 2.75) is 26.8 Å². The maximum atomic E-state index is 11.5. The number of likely N-dealkylation sites (N-methyl/N-ethyl adjacent to an activating group) is 1. The van der Waals surface area contributed by atoms with Gasteiger partial charge in [0, 0.05) is 12.2 Å². The lowest BCUT2D eigenvalue weighted by Gasteiger charge is -2.16. The second-order valence-corrected chi connectivity index (χ2v) is 3.58. The number of benzene rings is 1. The van der Waals surface area contributed by atoms with Gasteiger partial charge in [0.25, 0.3) is 0 Å². The molecule has 1 aromatic rings. The minimum absolute atomic E-state index is 0.0285. The van der Waals surface area contributed by atoms with Gasteiger partial charge in [-0.1, -0.05) is 18.2 Å². The Morgan fingerprint density at radius 2 is 2.07 bits per heavy atom. The van der Waals surface area contributed by atoms with Gasteiger partial charge >= 0.3 is 0 Å². The van der Waals surface area contributed by atoms with Crippen LogP contribution in [0.5, 0.6) is 0 Å². The van der Waals surface area contributed by atoms with Gasteiger partial charge in [-0.3, -0.25) is 4.79 Å². The van der Waals surface area contributed by atoms with Gasteiger partial charge < -0.3 is 10.6 Å². The predicted octanol–water partition coefficient (Wildman–Crippen LogP) is 1.93. The Balaban J connectivity index is 2.62. The third-order valence-corrected chi connectivity index (χ3v) is 2.26. The number of carbonyl (C=O) groups is 1. The van der Waals surface area contributed by atoms with Crippen molar-refractivity contribution in [2.75, 3.05) is 11.9 Å². The van der Waals surface area contributed by atoms with Crippen LogP contribution in [0.3, 0.4) is 0 Å². The summed E-state index contributed by atoms with van der Waals surface area (Å²) < 4.78 is 0. The highest BCUT2D eigenvalue weighted by molar-refractivity contribution is 5.84. The molecule has 0 aliphatic heterocycles. The third-order valence-electron chi connectivity index (χ3n) is 2.26. The van der Waals surface area contributed by atoms with E-state index >= 15 is 0 Å². The molecule has 3 heteroatoms. The van der Waals surface area contributed by atoms with Crippen LogP contribution in [0.1, 0.15) is 19.4 Å². The quantitative estimate of drug-likeness (QED) is 0.790. The molecule has 0 aliphatic carbocycles. The van der Waals surface area contributed by atoms with Gasteiger partial charge in [0.2, 0.25) is 5.91 Å². The summed E-state index contributed by atoms with van der Waals surface area (Å²) in [6.45, 7) is 6.46. The summed E-state index contributed by atoms with van der Waals surface area (Å²) in [7, 11) is 0. The SMILES string of the molecule is CCNC(=O)C(C)Nc1ccccc1C. The van der Waals surface area contributed by atoms with Crippen LogP contribution >= 0.6 is 0 Å². The van der Waals surface area contributed by atoms with Crippen LogP contribution in [0, 0.1) is 6.92 Å². The highest BCUT2D eigenvalue weighted by atomic mass is 16.2. The van der Waals surface area contributed by atoms with Crippen LogP contribution in [-0.4, -0.2) is 18.5 Å². The summed E-state index contributed by atoms with van der Waals surface area (Å²) in [5.74, 6) is 0.0285. The van der Waals surface area contributed by atoms with Crippen molar-refractivity contribution in [1.82, 2.24) is 5.32 Å². The lowest BCUT2D eigenvalue weighted by Crippen LogP contribution is -2.37. The molecule has 0 fully saturated rings. The number of rotatable bonds is 4. The molecule has 0 heterocycles. The first-order valence-corrected chi connectivity index (χ1v) is 5.25. The van der Waals surface area contributed by atoms with Crippen LogP contribution < -0.4 is 10.6 Å². The Morgan fingerprint density at radius 1 is 1.40 bits per heavy atom. The minimum atomic E-state index is -0.203. The van der Waals surface area contributed by atoms with E-state index in [-0.39, 0.29) is 11.9 Å². The average molecular weight is 206 g/mol. The van der Waals surface area contributed by atoms with Gasteiger partial charge in [0.15, 0.2) is 0 Å². The molecule has 0 aliphatic rings. The van der Waals surface area contributed by atoms with E-state index in [1.807, 2.05) is 45.0 Å². The molecule has 0 radical (unpaired) electrons. The second-order valence-electron chi connectivity index (χ2n) is 3.58. The molecule has 0 bridgehead atoms. The number of amides is 1. The Bertz CT molecular complexity index is 336.